The number of terminal acetylenes is 1. The molecule has 0 aliphatic carbocycles. The quantitative estimate of drug-likeness (QED) is 0.431. The topological polar surface area (TPSA) is 29.1 Å². The predicted molar refractivity (Wildman–Crippen MR) is 73.7 cm³/mol. The maximum atomic E-state index is 11.2. The maximum absolute atomic E-state index is 11.2. The lowest BCUT2D eigenvalue weighted by Crippen LogP contribution is -2.22. The molecule has 0 radical (unpaired) electrons. The van der Waals surface area contributed by atoms with Crippen molar-refractivity contribution in [1.29, 1.82) is 0 Å². The van der Waals surface area contributed by atoms with Crippen LogP contribution in [0.4, 0.5) is 0 Å². The molecule has 0 saturated heterocycles. The first-order valence-electron chi connectivity index (χ1n) is 7.01. The Morgan fingerprint density at radius 1 is 1.00 bits per heavy atom. The van der Waals surface area contributed by atoms with Crippen LogP contribution in [0.15, 0.2) is 0 Å². The Morgan fingerprint density at radius 3 is 2.06 bits per heavy atom. The Labute approximate surface area is 107 Å². The van der Waals surface area contributed by atoms with E-state index in [4.69, 9.17) is 6.42 Å². The van der Waals surface area contributed by atoms with E-state index in [0.29, 0.717) is 13.0 Å². The zero-order valence-corrected chi connectivity index (χ0v) is 11.3. The van der Waals surface area contributed by atoms with Gasteiger partial charge in [-0.2, -0.15) is 0 Å². The van der Waals surface area contributed by atoms with Gasteiger partial charge in [0, 0.05) is 6.42 Å². The number of rotatable bonds is 11. The molecule has 2 heteroatoms. The van der Waals surface area contributed by atoms with Crippen molar-refractivity contribution in [3.63, 3.8) is 0 Å². The maximum Gasteiger partial charge on any atom is 0.220 e. The van der Waals surface area contributed by atoms with Gasteiger partial charge in [0.2, 0.25) is 5.91 Å². The van der Waals surface area contributed by atoms with Gasteiger partial charge in [-0.25, -0.2) is 0 Å². The molecule has 0 aromatic carbocycles. The molecule has 17 heavy (non-hydrogen) atoms. The third kappa shape index (κ3) is 13.0. The van der Waals surface area contributed by atoms with Gasteiger partial charge in [0.25, 0.3) is 0 Å². The Morgan fingerprint density at radius 2 is 1.53 bits per heavy atom. The standard InChI is InChI=1S/C15H27NO/c1-3-5-6-7-8-9-10-11-12-13-15(17)16-14-4-2/h2H,3,5-14H2,1H3,(H,16,17). The van der Waals surface area contributed by atoms with Crippen molar-refractivity contribution in [1.82, 2.24) is 5.32 Å². The number of hydrogen-bond donors (Lipinski definition) is 1. The molecule has 98 valence electrons. The molecule has 0 heterocycles. The van der Waals surface area contributed by atoms with E-state index >= 15 is 0 Å². The average Bonchev–Trinajstić information content (AvgIpc) is 2.34. The van der Waals surface area contributed by atoms with E-state index in [1.165, 1.54) is 44.9 Å². The van der Waals surface area contributed by atoms with Gasteiger partial charge in [-0.1, -0.05) is 64.2 Å². The van der Waals surface area contributed by atoms with E-state index in [-0.39, 0.29) is 5.91 Å². The normalized spacial score (nSPS) is 9.88. The monoisotopic (exact) mass is 237 g/mol. The van der Waals surface area contributed by atoms with Gasteiger partial charge in [-0.15, -0.1) is 6.42 Å². The zero-order chi connectivity index (χ0) is 12.8. The van der Waals surface area contributed by atoms with Crippen LogP contribution >= 0.6 is 0 Å². The fourth-order valence-electron chi connectivity index (χ4n) is 1.83. The number of carbonyl (C=O) groups is 1. The van der Waals surface area contributed by atoms with Crippen LogP contribution in [0.5, 0.6) is 0 Å². The van der Waals surface area contributed by atoms with Crippen LogP contribution in [-0.2, 0) is 4.79 Å². The molecule has 0 aromatic rings. The van der Waals surface area contributed by atoms with Crippen LogP contribution in [0.25, 0.3) is 0 Å². The van der Waals surface area contributed by atoms with Gasteiger partial charge < -0.3 is 5.32 Å². The lowest BCUT2D eigenvalue weighted by Gasteiger charge is -2.02. The molecule has 0 saturated carbocycles. The van der Waals surface area contributed by atoms with Gasteiger partial charge in [-0.3, -0.25) is 4.79 Å². The molecule has 1 amide bonds. The fraction of sp³-hybridized carbons (Fsp3) is 0.800. The summed E-state index contributed by atoms with van der Waals surface area (Å²) in [5.74, 6) is 2.49. The van der Waals surface area contributed by atoms with Crippen molar-refractivity contribution in [2.45, 2.75) is 71.1 Å². The van der Waals surface area contributed by atoms with E-state index in [9.17, 15) is 4.79 Å². The van der Waals surface area contributed by atoms with Crippen molar-refractivity contribution < 1.29 is 4.79 Å². The zero-order valence-electron chi connectivity index (χ0n) is 11.3. The van der Waals surface area contributed by atoms with Crippen LogP contribution in [0.3, 0.4) is 0 Å². The lowest BCUT2D eigenvalue weighted by molar-refractivity contribution is -0.120. The molecule has 0 bridgehead atoms. The SMILES string of the molecule is C#CCNC(=O)CCCCCCCCCCC. The summed E-state index contributed by atoms with van der Waals surface area (Å²) in [4.78, 5) is 11.2. The smallest absolute Gasteiger partial charge is 0.220 e. The van der Waals surface area contributed by atoms with Gasteiger partial charge in [-0.05, 0) is 6.42 Å². The molecular weight excluding hydrogens is 210 g/mol. The van der Waals surface area contributed by atoms with Crippen molar-refractivity contribution in [2.75, 3.05) is 6.54 Å². The first-order chi connectivity index (χ1) is 8.31. The Kier molecular flexibility index (Phi) is 12.3. The van der Waals surface area contributed by atoms with E-state index < -0.39 is 0 Å². The molecule has 0 aliphatic heterocycles. The highest BCUT2D eigenvalue weighted by Gasteiger charge is 1.98. The highest BCUT2D eigenvalue weighted by molar-refractivity contribution is 5.76. The van der Waals surface area contributed by atoms with Crippen molar-refractivity contribution in [2.24, 2.45) is 0 Å². The second kappa shape index (κ2) is 13.1. The molecular formula is C15H27NO. The molecule has 0 atom stereocenters. The highest BCUT2D eigenvalue weighted by atomic mass is 16.1. The summed E-state index contributed by atoms with van der Waals surface area (Å²) in [5.41, 5.74) is 0. The minimum absolute atomic E-state index is 0.0888. The second-order valence-corrected chi connectivity index (χ2v) is 4.56. The Balaban J connectivity index is 3.08. The molecule has 0 rings (SSSR count). The number of hydrogen-bond acceptors (Lipinski definition) is 1. The number of nitrogens with one attached hydrogen (secondary N) is 1. The molecule has 0 aromatic heterocycles. The summed E-state index contributed by atoms with van der Waals surface area (Å²) in [6.07, 6.45) is 17.2. The number of unbranched alkanes of at least 4 members (excludes halogenated alkanes) is 8. The first-order valence-corrected chi connectivity index (χ1v) is 7.01. The summed E-state index contributed by atoms with van der Waals surface area (Å²) >= 11 is 0. The summed E-state index contributed by atoms with van der Waals surface area (Å²) < 4.78 is 0. The van der Waals surface area contributed by atoms with Crippen LogP contribution < -0.4 is 5.32 Å². The van der Waals surface area contributed by atoms with Gasteiger partial charge >= 0.3 is 0 Å². The van der Waals surface area contributed by atoms with Gasteiger partial charge in [0.15, 0.2) is 0 Å². The van der Waals surface area contributed by atoms with Crippen molar-refractivity contribution >= 4 is 5.91 Å². The molecule has 0 aliphatic rings. The Bertz CT molecular complexity index is 217. The fourth-order valence-corrected chi connectivity index (χ4v) is 1.83. The van der Waals surface area contributed by atoms with Crippen molar-refractivity contribution in [3.05, 3.63) is 0 Å². The minimum Gasteiger partial charge on any atom is -0.345 e. The van der Waals surface area contributed by atoms with Gasteiger partial charge in [0.1, 0.15) is 0 Å². The third-order valence-corrected chi connectivity index (χ3v) is 2.90. The van der Waals surface area contributed by atoms with E-state index in [2.05, 4.69) is 18.2 Å². The average molecular weight is 237 g/mol. The van der Waals surface area contributed by atoms with Gasteiger partial charge in [0.05, 0.1) is 6.54 Å². The first kappa shape index (κ1) is 16.0. The Hall–Kier alpha value is -0.970. The summed E-state index contributed by atoms with van der Waals surface area (Å²) in [5, 5.41) is 2.68. The largest absolute Gasteiger partial charge is 0.345 e. The lowest BCUT2D eigenvalue weighted by atomic mass is 10.1. The van der Waals surface area contributed by atoms with Crippen LogP contribution in [0.2, 0.25) is 0 Å². The second-order valence-electron chi connectivity index (χ2n) is 4.56. The predicted octanol–water partition coefficient (Wildman–Crippen LogP) is 3.66. The van der Waals surface area contributed by atoms with E-state index in [1.807, 2.05) is 0 Å². The highest BCUT2D eigenvalue weighted by Crippen LogP contribution is 2.10. The van der Waals surface area contributed by atoms with Crippen LogP contribution in [-0.4, -0.2) is 12.5 Å². The molecule has 0 spiro atoms. The molecule has 0 fully saturated rings. The van der Waals surface area contributed by atoms with Crippen molar-refractivity contribution in [3.8, 4) is 12.3 Å². The van der Waals surface area contributed by atoms with Crippen LogP contribution in [0.1, 0.15) is 71.1 Å². The van der Waals surface area contributed by atoms with E-state index in [0.717, 1.165) is 12.8 Å². The number of amides is 1. The minimum atomic E-state index is 0.0888. The summed E-state index contributed by atoms with van der Waals surface area (Å²) in [7, 11) is 0. The van der Waals surface area contributed by atoms with E-state index in [1.54, 1.807) is 0 Å². The molecule has 2 nitrogen and oxygen atoms in total. The summed E-state index contributed by atoms with van der Waals surface area (Å²) in [6, 6.07) is 0. The van der Waals surface area contributed by atoms with Crippen LogP contribution in [0, 0.1) is 12.3 Å². The molecule has 0 unspecified atom stereocenters. The third-order valence-electron chi connectivity index (χ3n) is 2.90. The number of carbonyl (C=O) groups excluding carboxylic acids is 1. The molecule has 1 N–H and O–H groups in total. The summed E-state index contributed by atoms with van der Waals surface area (Å²) in [6.45, 7) is 2.60.